The zero-order valence-corrected chi connectivity index (χ0v) is 15.2. The molecular formula is C20H22N4O3. The van der Waals surface area contributed by atoms with E-state index in [1.807, 2.05) is 42.2 Å². The fourth-order valence-electron chi connectivity index (χ4n) is 4.71. The third kappa shape index (κ3) is 2.34. The Morgan fingerprint density at radius 3 is 2.93 bits per heavy atom. The Morgan fingerprint density at radius 2 is 2.19 bits per heavy atom. The number of likely N-dealkylation sites (tertiary alicyclic amines) is 1. The van der Waals surface area contributed by atoms with Crippen LogP contribution in [0.2, 0.25) is 0 Å². The number of aryl methyl sites for hydroxylation is 1. The summed E-state index contributed by atoms with van der Waals surface area (Å²) in [6.45, 7) is 3.13. The van der Waals surface area contributed by atoms with E-state index < -0.39 is 5.72 Å². The Hall–Kier alpha value is -2.67. The van der Waals surface area contributed by atoms with Crippen LogP contribution >= 0.6 is 0 Å². The normalized spacial score (nSPS) is 29.3. The molecule has 1 N–H and O–H groups in total. The molecule has 27 heavy (non-hydrogen) atoms. The van der Waals surface area contributed by atoms with Crippen molar-refractivity contribution in [2.45, 2.75) is 44.1 Å². The number of carbonyl (C=O) groups excluding carboxylic acids is 2. The number of hydrogen-bond donors (Lipinski definition) is 1. The third-order valence-electron chi connectivity index (χ3n) is 6.09. The first-order valence-electron chi connectivity index (χ1n) is 9.51. The van der Waals surface area contributed by atoms with E-state index >= 15 is 0 Å². The highest BCUT2D eigenvalue weighted by Gasteiger charge is 2.65. The molecule has 3 atom stereocenters. The van der Waals surface area contributed by atoms with Gasteiger partial charge in [0.25, 0.3) is 5.91 Å². The molecule has 7 heteroatoms. The molecule has 0 bridgehead atoms. The highest BCUT2D eigenvalue weighted by atomic mass is 16.5. The van der Waals surface area contributed by atoms with Crippen molar-refractivity contribution in [3.63, 3.8) is 0 Å². The van der Waals surface area contributed by atoms with Gasteiger partial charge in [0.1, 0.15) is 11.8 Å². The summed E-state index contributed by atoms with van der Waals surface area (Å²) in [5.74, 6) is -0.0681. The molecule has 3 aliphatic heterocycles. The minimum absolute atomic E-state index is 0.0622. The number of nitrogens with one attached hydrogen (secondary N) is 1. The predicted octanol–water partition coefficient (Wildman–Crippen LogP) is 1.89. The van der Waals surface area contributed by atoms with Crippen LogP contribution in [0.25, 0.3) is 0 Å². The molecule has 0 unspecified atom stereocenters. The largest absolute Gasteiger partial charge is 0.343 e. The smallest absolute Gasteiger partial charge is 0.274 e. The Bertz CT molecular complexity index is 896. The highest BCUT2D eigenvalue weighted by Crippen LogP contribution is 2.50. The molecule has 0 radical (unpaired) electrons. The SMILES string of the molecule is CCc1cc(C(=O)N2CC[C@@]34O[C@@H](c5ccccc5)CN3C(=O)C[C@@H]24)n[nH]1. The number of H-pyrrole nitrogens is 1. The van der Waals surface area contributed by atoms with Crippen molar-refractivity contribution in [3.8, 4) is 0 Å². The summed E-state index contributed by atoms with van der Waals surface area (Å²) in [5, 5.41) is 7.05. The summed E-state index contributed by atoms with van der Waals surface area (Å²) < 4.78 is 6.48. The van der Waals surface area contributed by atoms with Gasteiger partial charge < -0.3 is 14.5 Å². The van der Waals surface area contributed by atoms with Crippen molar-refractivity contribution in [2.24, 2.45) is 0 Å². The molecule has 5 rings (SSSR count). The van der Waals surface area contributed by atoms with Crippen LogP contribution in [0.5, 0.6) is 0 Å². The van der Waals surface area contributed by atoms with Crippen LogP contribution in [0.15, 0.2) is 36.4 Å². The summed E-state index contributed by atoms with van der Waals surface area (Å²) in [6, 6.07) is 11.5. The van der Waals surface area contributed by atoms with Gasteiger partial charge in [-0.2, -0.15) is 5.10 Å². The molecule has 3 fully saturated rings. The first-order valence-corrected chi connectivity index (χ1v) is 9.51. The maximum Gasteiger partial charge on any atom is 0.274 e. The van der Waals surface area contributed by atoms with Gasteiger partial charge in [0, 0.05) is 18.7 Å². The lowest BCUT2D eigenvalue weighted by Crippen LogP contribution is -2.48. The zero-order valence-electron chi connectivity index (χ0n) is 15.2. The van der Waals surface area contributed by atoms with E-state index in [1.165, 1.54) is 0 Å². The molecule has 4 heterocycles. The Morgan fingerprint density at radius 1 is 1.37 bits per heavy atom. The molecule has 7 nitrogen and oxygen atoms in total. The second-order valence-electron chi connectivity index (χ2n) is 7.47. The highest BCUT2D eigenvalue weighted by molar-refractivity contribution is 5.94. The molecule has 0 aliphatic carbocycles. The van der Waals surface area contributed by atoms with Crippen LogP contribution in [-0.2, 0) is 16.0 Å². The van der Waals surface area contributed by atoms with Gasteiger partial charge in [-0.15, -0.1) is 0 Å². The molecule has 3 saturated heterocycles. The van der Waals surface area contributed by atoms with Gasteiger partial charge in [0.2, 0.25) is 5.91 Å². The molecule has 140 valence electrons. The van der Waals surface area contributed by atoms with Crippen LogP contribution < -0.4 is 0 Å². The molecular weight excluding hydrogens is 344 g/mol. The van der Waals surface area contributed by atoms with Gasteiger partial charge in [-0.05, 0) is 18.1 Å². The standard InChI is InChI=1S/C20H22N4O3/c1-2-14-10-15(22-21-14)19(26)23-9-8-20-17(23)11-18(25)24(20)12-16(27-20)13-6-4-3-5-7-13/h3-7,10,16-17H,2,8-9,11-12H2,1H3,(H,21,22)/t16-,17-,20+/m1/s1. The lowest BCUT2D eigenvalue weighted by atomic mass is 10.1. The van der Waals surface area contributed by atoms with Crippen LogP contribution in [0, 0.1) is 0 Å². The number of ether oxygens (including phenoxy) is 1. The van der Waals surface area contributed by atoms with Gasteiger partial charge in [0.05, 0.1) is 19.0 Å². The molecule has 1 spiro atoms. The summed E-state index contributed by atoms with van der Waals surface area (Å²) in [7, 11) is 0. The van der Waals surface area contributed by atoms with Crippen molar-refractivity contribution in [1.82, 2.24) is 20.0 Å². The van der Waals surface area contributed by atoms with E-state index in [1.54, 1.807) is 11.0 Å². The summed E-state index contributed by atoms with van der Waals surface area (Å²) in [4.78, 5) is 29.3. The molecule has 2 aromatic rings. The quantitative estimate of drug-likeness (QED) is 0.900. The van der Waals surface area contributed by atoms with Crippen molar-refractivity contribution >= 4 is 11.8 Å². The van der Waals surface area contributed by atoms with Crippen molar-refractivity contribution < 1.29 is 14.3 Å². The van der Waals surface area contributed by atoms with Gasteiger partial charge in [-0.3, -0.25) is 14.7 Å². The van der Waals surface area contributed by atoms with E-state index in [4.69, 9.17) is 4.74 Å². The van der Waals surface area contributed by atoms with Crippen LogP contribution in [0.1, 0.15) is 47.6 Å². The maximum absolute atomic E-state index is 13.0. The first kappa shape index (κ1) is 16.5. The van der Waals surface area contributed by atoms with Crippen molar-refractivity contribution in [3.05, 3.63) is 53.3 Å². The van der Waals surface area contributed by atoms with Gasteiger partial charge in [-0.25, -0.2) is 0 Å². The zero-order chi connectivity index (χ0) is 18.6. The molecule has 1 aromatic heterocycles. The van der Waals surface area contributed by atoms with Crippen LogP contribution in [-0.4, -0.2) is 56.7 Å². The predicted molar refractivity (Wildman–Crippen MR) is 96.7 cm³/mol. The van der Waals surface area contributed by atoms with Crippen molar-refractivity contribution in [1.29, 1.82) is 0 Å². The van der Waals surface area contributed by atoms with E-state index in [-0.39, 0.29) is 24.0 Å². The van der Waals surface area contributed by atoms with Crippen molar-refractivity contribution in [2.75, 3.05) is 13.1 Å². The topological polar surface area (TPSA) is 78.5 Å². The number of amides is 2. The number of hydrogen-bond acceptors (Lipinski definition) is 4. The summed E-state index contributed by atoms with van der Waals surface area (Å²) >= 11 is 0. The van der Waals surface area contributed by atoms with Crippen LogP contribution in [0.3, 0.4) is 0 Å². The molecule has 0 saturated carbocycles. The third-order valence-corrected chi connectivity index (χ3v) is 6.09. The Balaban J connectivity index is 1.43. The fourth-order valence-corrected chi connectivity index (χ4v) is 4.71. The summed E-state index contributed by atoms with van der Waals surface area (Å²) in [6.07, 6.45) is 1.61. The van der Waals surface area contributed by atoms with E-state index in [0.717, 1.165) is 17.7 Å². The van der Waals surface area contributed by atoms with Gasteiger partial charge in [-0.1, -0.05) is 37.3 Å². The molecule has 1 aromatic carbocycles. The maximum atomic E-state index is 13.0. The number of aromatic amines is 1. The number of aromatic nitrogens is 2. The first-order chi connectivity index (χ1) is 13.1. The average Bonchev–Trinajstić information content (AvgIpc) is 3.43. The Labute approximate surface area is 157 Å². The fraction of sp³-hybridized carbons (Fsp3) is 0.450. The Kier molecular flexibility index (Phi) is 3.62. The lowest BCUT2D eigenvalue weighted by Gasteiger charge is -2.31. The number of rotatable bonds is 3. The monoisotopic (exact) mass is 366 g/mol. The second-order valence-corrected chi connectivity index (χ2v) is 7.47. The average molecular weight is 366 g/mol. The number of carbonyl (C=O) groups is 2. The van der Waals surface area contributed by atoms with Crippen LogP contribution in [0.4, 0.5) is 0 Å². The van der Waals surface area contributed by atoms with E-state index in [0.29, 0.717) is 31.6 Å². The lowest BCUT2D eigenvalue weighted by molar-refractivity contribution is -0.138. The summed E-state index contributed by atoms with van der Waals surface area (Å²) in [5.41, 5.74) is 1.71. The minimum Gasteiger partial charge on any atom is -0.343 e. The molecule has 3 aliphatic rings. The van der Waals surface area contributed by atoms with Gasteiger partial charge in [0.15, 0.2) is 5.72 Å². The number of nitrogens with zero attached hydrogens (tertiary/aromatic N) is 3. The second kappa shape index (κ2) is 5.92. The van der Waals surface area contributed by atoms with E-state index in [2.05, 4.69) is 10.2 Å². The number of benzene rings is 1. The minimum atomic E-state index is -0.697. The van der Waals surface area contributed by atoms with Gasteiger partial charge >= 0.3 is 0 Å². The molecule has 2 amide bonds. The van der Waals surface area contributed by atoms with E-state index in [9.17, 15) is 9.59 Å².